The highest BCUT2D eigenvalue weighted by Crippen LogP contribution is 2.20. The minimum absolute atomic E-state index is 0.145. The number of hydrogen-bond acceptors (Lipinski definition) is 4. The summed E-state index contributed by atoms with van der Waals surface area (Å²) in [5.41, 5.74) is 1.79. The summed E-state index contributed by atoms with van der Waals surface area (Å²) in [6.07, 6.45) is 2.81. The van der Waals surface area contributed by atoms with Gasteiger partial charge in [-0.1, -0.05) is 23.7 Å². The molecule has 0 aliphatic carbocycles. The van der Waals surface area contributed by atoms with Gasteiger partial charge in [-0.2, -0.15) is 5.26 Å². The quantitative estimate of drug-likeness (QED) is 0.697. The SMILES string of the molecule is CC(C)(C)Oc1ccc(Cl)cc1.N#Cc1ccc(CN2CCC(NC=O)CC2)cc1. The second kappa shape index (κ2) is 11.6. The Morgan fingerprint density at radius 2 is 1.73 bits per heavy atom. The van der Waals surface area contributed by atoms with E-state index in [0.29, 0.717) is 11.6 Å². The molecule has 1 N–H and O–H groups in total. The number of benzene rings is 2. The van der Waals surface area contributed by atoms with Crippen LogP contribution in [-0.2, 0) is 11.3 Å². The Labute approximate surface area is 184 Å². The minimum Gasteiger partial charge on any atom is -0.488 e. The van der Waals surface area contributed by atoms with Crippen molar-refractivity contribution in [3.8, 4) is 11.8 Å². The molecule has 30 heavy (non-hydrogen) atoms. The van der Waals surface area contributed by atoms with Crippen LogP contribution in [0.25, 0.3) is 0 Å². The van der Waals surface area contributed by atoms with Gasteiger partial charge in [-0.3, -0.25) is 9.69 Å². The van der Waals surface area contributed by atoms with E-state index in [9.17, 15) is 4.79 Å². The number of rotatable bonds is 5. The van der Waals surface area contributed by atoms with Crippen LogP contribution >= 0.6 is 11.6 Å². The van der Waals surface area contributed by atoms with Gasteiger partial charge in [0.2, 0.25) is 6.41 Å². The molecule has 0 saturated carbocycles. The third-order valence-corrected chi connectivity index (χ3v) is 4.87. The Morgan fingerprint density at radius 1 is 1.13 bits per heavy atom. The summed E-state index contributed by atoms with van der Waals surface area (Å²) in [5.74, 6) is 0.854. The molecule has 0 bridgehead atoms. The molecule has 0 aromatic heterocycles. The molecule has 0 spiro atoms. The maximum atomic E-state index is 10.4. The van der Waals surface area contributed by atoms with Crippen LogP contribution < -0.4 is 10.1 Å². The van der Waals surface area contributed by atoms with Crippen molar-refractivity contribution in [2.24, 2.45) is 0 Å². The Balaban J connectivity index is 0.000000232. The van der Waals surface area contributed by atoms with Crippen LogP contribution in [0.2, 0.25) is 5.02 Å². The first-order chi connectivity index (χ1) is 14.3. The predicted octanol–water partition coefficient (Wildman–Crippen LogP) is 4.79. The summed E-state index contributed by atoms with van der Waals surface area (Å²) in [4.78, 5) is 12.7. The van der Waals surface area contributed by atoms with E-state index in [1.54, 1.807) is 0 Å². The molecule has 1 heterocycles. The zero-order valence-electron chi connectivity index (χ0n) is 17.9. The van der Waals surface area contributed by atoms with E-state index < -0.39 is 0 Å². The summed E-state index contributed by atoms with van der Waals surface area (Å²) < 4.78 is 5.60. The Morgan fingerprint density at radius 3 is 2.23 bits per heavy atom. The molecule has 0 atom stereocenters. The van der Waals surface area contributed by atoms with Crippen molar-refractivity contribution >= 4 is 18.0 Å². The zero-order valence-corrected chi connectivity index (χ0v) is 18.7. The highest BCUT2D eigenvalue weighted by atomic mass is 35.5. The maximum absolute atomic E-state index is 10.4. The number of carbonyl (C=O) groups is 1. The molecule has 2 aromatic rings. The second-order valence-electron chi connectivity index (χ2n) is 8.31. The van der Waals surface area contributed by atoms with Crippen molar-refractivity contribution in [3.63, 3.8) is 0 Å². The van der Waals surface area contributed by atoms with E-state index in [0.717, 1.165) is 49.7 Å². The molecule has 1 fully saturated rings. The van der Waals surface area contributed by atoms with Gasteiger partial charge in [0.1, 0.15) is 11.4 Å². The molecule has 2 aromatic carbocycles. The minimum atomic E-state index is -0.145. The number of hydrogen-bond donors (Lipinski definition) is 1. The number of nitriles is 1. The van der Waals surface area contributed by atoms with Crippen molar-refractivity contribution in [2.45, 2.75) is 51.8 Å². The fourth-order valence-corrected chi connectivity index (χ4v) is 3.28. The summed E-state index contributed by atoms with van der Waals surface area (Å²) in [5, 5.41) is 12.3. The zero-order chi connectivity index (χ0) is 22.0. The number of halogens is 1. The van der Waals surface area contributed by atoms with Crippen LogP contribution in [0, 0.1) is 11.3 Å². The lowest BCUT2D eigenvalue weighted by Crippen LogP contribution is -2.41. The standard InChI is InChI=1S/C14H17N3O.C10H13ClO/c15-9-12-1-3-13(4-2-12)10-17-7-5-14(6-8-17)16-11-18;1-10(2,3)12-9-6-4-8(11)5-7-9/h1-4,11,14H,5-8,10H2,(H,16,18);4-7H,1-3H3. The summed E-state index contributed by atoms with van der Waals surface area (Å²) in [7, 11) is 0. The summed E-state index contributed by atoms with van der Waals surface area (Å²) >= 11 is 5.73. The molecule has 160 valence electrons. The molecule has 1 amide bonds. The van der Waals surface area contributed by atoms with Crippen LogP contribution in [0.5, 0.6) is 5.75 Å². The number of amides is 1. The van der Waals surface area contributed by atoms with Gasteiger partial charge in [0.15, 0.2) is 0 Å². The smallest absolute Gasteiger partial charge is 0.207 e. The number of nitrogens with one attached hydrogen (secondary N) is 1. The lowest BCUT2D eigenvalue weighted by atomic mass is 10.0. The fourth-order valence-electron chi connectivity index (χ4n) is 3.15. The third kappa shape index (κ3) is 8.86. The van der Waals surface area contributed by atoms with Gasteiger partial charge in [0.05, 0.1) is 11.6 Å². The summed E-state index contributed by atoms with van der Waals surface area (Å²) in [6.45, 7) is 8.97. The normalized spacial score (nSPS) is 14.8. The number of likely N-dealkylation sites (tertiary alicyclic amines) is 1. The largest absolute Gasteiger partial charge is 0.488 e. The Kier molecular flexibility index (Phi) is 9.16. The Hall–Kier alpha value is -2.55. The van der Waals surface area contributed by atoms with E-state index in [2.05, 4.69) is 16.3 Å². The first-order valence-corrected chi connectivity index (χ1v) is 10.5. The molecular weight excluding hydrogens is 398 g/mol. The molecule has 1 aliphatic heterocycles. The average Bonchev–Trinajstić information content (AvgIpc) is 2.71. The number of ether oxygens (including phenoxy) is 1. The van der Waals surface area contributed by atoms with Gasteiger partial charge in [0.25, 0.3) is 0 Å². The van der Waals surface area contributed by atoms with Crippen molar-refractivity contribution in [2.75, 3.05) is 13.1 Å². The van der Waals surface area contributed by atoms with Gasteiger partial charge in [-0.25, -0.2) is 0 Å². The Bertz CT molecular complexity index is 816. The van der Waals surface area contributed by atoms with Crippen molar-refractivity contribution in [3.05, 3.63) is 64.7 Å². The first-order valence-electron chi connectivity index (χ1n) is 10.1. The topological polar surface area (TPSA) is 65.4 Å². The monoisotopic (exact) mass is 427 g/mol. The lowest BCUT2D eigenvalue weighted by molar-refractivity contribution is -0.110. The van der Waals surface area contributed by atoms with Crippen LogP contribution in [0.4, 0.5) is 0 Å². The predicted molar refractivity (Wildman–Crippen MR) is 120 cm³/mol. The van der Waals surface area contributed by atoms with Crippen molar-refractivity contribution in [1.82, 2.24) is 10.2 Å². The molecular formula is C24H30ClN3O2. The van der Waals surface area contributed by atoms with Gasteiger partial charge < -0.3 is 10.1 Å². The number of nitrogens with zero attached hydrogens (tertiary/aromatic N) is 2. The van der Waals surface area contributed by atoms with E-state index in [1.807, 2.05) is 69.3 Å². The lowest BCUT2D eigenvalue weighted by Gasteiger charge is -2.31. The molecule has 1 saturated heterocycles. The van der Waals surface area contributed by atoms with Gasteiger partial charge in [-0.15, -0.1) is 0 Å². The second-order valence-corrected chi connectivity index (χ2v) is 8.75. The van der Waals surface area contributed by atoms with Crippen LogP contribution in [0.15, 0.2) is 48.5 Å². The van der Waals surface area contributed by atoms with Gasteiger partial charge in [-0.05, 0) is 75.6 Å². The van der Waals surface area contributed by atoms with Crippen molar-refractivity contribution in [1.29, 1.82) is 5.26 Å². The maximum Gasteiger partial charge on any atom is 0.207 e. The molecule has 0 radical (unpaired) electrons. The summed E-state index contributed by atoms with van der Waals surface area (Å²) in [6, 6.07) is 17.6. The molecule has 6 heteroatoms. The van der Waals surface area contributed by atoms with Crippen LogP contribution in [0.3, 0.4) is 0 Å². The van der Waals surface area contributed by atoms with Crippen molar-refractivity contribution < 1.29 is 9.53 Å². The fraction of sp³-hybridized carbons (Fsp3) is 0.417. The molecule has 0 unspecified atom stereocenters. The highest BCUT2D eigenvalue weighted by molar-refractivity contribution is 6.30. The van der Waals surface area contributed by atoms with E-state index >= 15 is 0 Å². The van der Waals surface area contributed by atoms with E-state index in [4.69, 9.17) is 21.6 Å². The van der Waals surface area contributed by atoms with E-state index in [1.165, 1.54) is 5.56 Å². The average molecular weight is 428 g/mol. The highest BCUT2D eigenvalue weighted by Gasteiger charge is 2.18. The van der Waals surface area contributed by atoms with Crippen LogP contribution in [-0.4, -0.2) is 36.0 Å². The van der Waals surface area contributed by atoms with Gasteiger partial charge >= 0.3 is 0 Å². The third-order valence-electron chi connectivity index (χ3n) is 4.62. The van der Waals surface area contributed by atoms with Crippen LogP contribution in [0.1, 0.15) is 44.7 Å². The molecule has 3 rings (SSSR count). The molecule has 5 nitrogen and oxygen atoms in total. The first kappa shape index (κ1) is 23.7. The van der Waals surface area contributed by atoms with Gasteiger partial charge in [0, 0.05) is 30.7 Å². The number of carbonyl (C=O) groups excluding carboxylic acids is 1. The molecule has 1 aliphatic rings. The number of piperidine rings is 1. The van der Waals surface area contributed by atoms with E-state index in [-0.39, 0.29) is 5.60 Å².